The Bertz CT molecular complexity index is 1480. The van der Waals surface area contributed by atoms with Crippen molar-refractivity contribution in [3.05, 3.63) is 30.2 Å². The van der Waals surface area contributed by atoms with E-state index in [4.69, 9.17) is 4.74 Å². The third-order valence-corrected chi connectivity index (χ3v) is 6.32. The van der Waals surface area contributed by atoms with Gasteiger partial charge in [-0.15, -0.1) is 10.2 Å². The predicted octanol–water partition coefficient (Wildman–Crippen LogP) is 3.31. The van der Waals surface area contributed by atoms with Gasteiger partial charge in [-0.2, -0.15) is 4.98 Å². The minimum atomic E-state index is -3.23. The molecule has 1 aromatic carbocycles. The van der Waals surface area contributed by atoms with Crippen molar-refractivity contribution in [1.82, 2.24) is 34.5 Å². The van der Waals surface area contributed by atoms with E-state index >= 15 is 4.39 Å². The first-order chi connectivity index (χ1) is 17.6. The van der Waals surface area contributed by atoms with E-state index in [0.29, 0.717) is 16.6 Å². The summed E-state index contributed by atoms with van der Waals surface area (Å²) in [5, 5.41) is 14.8. The zero-order valence-corrected chi connectivity index (χ0v) is 20.3. The summed E-state index contributed by atoms with van der Waals surface area (Å²) >= 11 is 0. The van der Waals surface area contributed by atoms with Crippen molar-refractivity contribution < 1.29 is 27.1 Å². The van der Waals surface area contributed by atoms with Crippen molar-refractivity contribution in [2.75, 3.05) is 25.5 Å². The van der Waals surface area contributed by atoms with Gasteiger partial charge in [0.2, 0.25) is 17.7 Å². The lowest BCUT2D eigenvalue weighted by atomic mass is 10.0. The molecule has 2 atom stereocenters. The highest BCUT2D eigenvalue weighted by atomic mass is 19.3. The number of piperidine rings is 1. The van der Waals surface area contributed by atoms with E-state index in [-0.39, 0.29) is 42.4 Å². The van der Waals surface area contributed by atoms with E-state index in [1.54, 1.807) is 18.2 Å². The van der Waals surface area contributed by atoms with Crippen LogP contribution in [0.15, 0.2) is 24.4 Å². The Hall–Kier alpha value is -3.97. The quantitative estimate of drug-likeness (QED) is 0.389. The second-order valence-electron chi connectivity index (χ2n) is 9.03. The summed E-state index contributed by atoms with van der Waals surface area (Å²) in [7, 11) is 1.32. The number of rotatable bonds is 6. The molecule has 1 saturated heterocycles. The summed E-state index contributed by atoms with van der Waals surface area (Å²) in [5.41, 5.74) is 1.75. The molecule has 10 nitrogen and oxygen atoms in total. The number of methoxy groups -OCH3 is 1. The van der Waals surface area contributed by atoms with Gasteiger partial charge >= 0.3 is 0 Å². The van der Waals surface area contributed by atoms with E-state index in [1.165, 1.54) is 30.2 Å². The number of hydrogen-bond donors (Lipinski definition) is 1. The highest BCUT2D eigenvalue weighted by molar-refractivity contribution is 5.89. The van der Waals surface area contributed by atoms with E-state index < -0.39 is 36.4 Å². The van der Waals surface area contributed by atoms with Crippen LogP contribution in [0.1, 0.15) is 20.3 Å². The Morgan fingerprint density at radius 3 is 2.81 bits per heavy atom. The minimum Gasteiger partial charge on any atom is -0.479 e. The second-order valence-corrected chi connectivity index (χ2v) is 9.03. The number of benzene rings is 1. The number of carbonyl (C=O) groups is 1. The van der Waals surface area contributed by atoms with Gasteiger partial charge in [0.05, 0.1) is 43.5 Å². The molecule has 1 aliphatic rings. The molecule has 1 amide bonds. The summed E-state index contributed by atoms with van der Waals surface area (Å²) < 4.78 is 66.2. The molecule has 196 valence electrons. The van der Waals surface area contributed by atoms with Crippen LogP contribution in [0.3, 0.4) is 0 Å². The fraction of sp³-hybridized carbons (Fsp3) is 0.435. The van der Waals surface area contributed by atoms with Crippen LogP contribution >= 0.6 is 0 Å². The molecule has 0 spiro atoms. The number of carbonyl (C=O) groups excluding carboxylic acids is 1. The van der Waals surface area contributed by atoms with Crippen LogP contribution in [0, 0.1) is 5.82 Å². The lowest BCUT2D eigenvalue weighted by molar-refractivity contribution is -0.140. The molecule has 0 aliphatic carbocycles. The van der Waals surface area contributed by atoms with Gasteiger partial charge in [-0.1, -0.05) is 11.3 Å². The fourth-order valence-electron chi connectivity index (χ4n) is 4.54. The number of halogens is 4. The Kier molecular flexibility index (Phi) is 6.12. The van der Waals surface area contributed by atoms with Crippen molar-refractivity contribution in [3.63, 3.8) is 0 Å². The predicted molar refractivity (Wildman–Crippen MR) is 126 cm³/mol. The second kappa shape index (κ2) is 9.16. The van der Waals surface area contributed by atoms with Crippen molar-refractivity contribution in [2.24, 2.45) is 0 Å². The van der Waals surface area contributed by atoms with Gasteiger partial charge in [-0.3, -0.25) is 4.79 Å². The number of hydrogen-bond acceptors (Lipinski definition) is 7. The summed E-state index contributed by atoms with van der Waals surface area (Å²) in [6.07, 6.45) is -0.0946. The average molecular weight is 520 g/mol. The summed E-state index contributed by atoms with van der Waals surface area (Å²) in [6, 6.07) is 3.57. The van der Waals surface area contributed by atoms with Gasteiger partial charge in [-0.25, -0.2) is 26.8 Å². The molecule has 4 heterocycles. The number of nitrogens with one attached hydrogen (secondary N) is 1. The van der Waals surface area contributed by atoms with Crippen LogP contribution in [0.25, 0.3) is 27.7 Å². The van der Waals surface area contributed by atoms with E-state index in [2.05, 4.69) is 25.7 Å². The first-order valence-corrected chi connectivity index (χ1v) is 11.6. The molecule has 4 aromatic rings. The molecule has 3 aromatic heterocycles. The van der Waals surface area contributed by atoms with Crippen LogP contribution in [-0.4, -0.2) is 78.7 Å². The van der Waals surface area contributed by atoms with Crippen LogP contribution in [0.2, 0.25) is 0 Å². The highest BCUT2D eigenvalue weighted by Gasteiger charge is 2.46. The summed E-state index contributed by atoms with van der Waals surface area (Å²) in [4.78, 5) is 16.8. The first-order valence-electron chi connectivity index (χ1n) is 11.6. The normalized spacial score (nSPS) is 18.4. The van der Waals surface area contributed by atoms with Crippen LogP contribution in [-0.2, 0) is 11.3 Å². The molecule has 0 unspecified atom stereocenters. The molecule has 14 heteroatoms. The average Bonchev–Trinajstić information content (AvgIpc) is 3.38. The maximum atomic E-state index is 15.3. The van der Waals surface area contributed by atoms with Gasteiger partial charge < -0.3 is 15.0 Å². The van der Waals surface area contributed by atoms with E-state index in [0.717, 1.165) is 11.1 Å². The topological polar surface area (TPSA) is 102 Å². The summed E-state index contributed by atoms with van der Waals surface area (Å²) in [6.45, 7) is 2.05. The van der Waals surface area contributed by atoms with Gasteiger partial charge in [-0.05, 0) is 31.0 Å². The monoisotopic (exact) mass is 520 g/mol. The maximum absolute atomic E-state index is 15.3. The Balaban J connectivity index is 1.52. The highest BCUT2D eigenvalue weighted by Crippen LogP contribution is 2.36. The Morgan fingerprint density at radius 2 is 2.14 bits per heavy atom. The number of alkyl halides is 3. The molecule has 0 bridgehead atoms. The van der Waals surface area contributed by atoms with Gasteiger partial charge in [0.1, 0.15) is 17.2 Å². The fourth-order valence-corrected chi connectivity index (χ4v) is 4.54. The number of anilines is 1. The van der Waals surface area contributed by atoms with Crippen LogP contribution in [0.4, 0.5) is 23.5 Å². The summed E-state index contributed by atoms with van der Waals surface area (Å²) in [5.74, 6) is -4.52. The molecule has 1 fully saturated rings. The smallest absolute Gasteiger partial charge is 0.285 e. The number of nitrogens with zero attached hydrogens (tertiary/aromatic N) is 7. The van der Waals surface area contributed by atoms with Crippen LogP contribution in [0.5, 0.6) is 5.88 Å². The molecule has 1 N–H and O–H groups in total. The molecule has 0 saturated carbocycles. The molecular weight excluding hydrogens is 496 g/mol. The maximum Gasteiger partial charge on any atom is 0.285 e. The lowest BCUT2D eigenvalue weighted by Crippen LogP contribution is -2.55. The van der Waals surface area contributed by atoms with E-state index in [9.17, 15) is 18.0 Å². The van der Waals surface area contributed by atoms with E-state index in [1.807, 2.05) is 0 Å². The van der Waals surface area contributed by atoms with Crippen molar-refractivity contribution in [1.29, 1.82) is 0 Å². The number of likely N-dealkylation sites (tertiary alicyclic amines) is 1. The zero-order valence-electron chi connectivity index (χ0n) is 20.3. The standard InChI is InChI=1S/C23H24F4N8O2/c1-12(24)9-34-17-8-14(4-5-16(17)30-32-34)19-15(25)10-35-20(19)21(37-3)29-22(31-35)28-18-6-7-33(13(2)36)11-23(18,26)27/h4-5,8,10,12,18H,6-7,9,11H2,1-3H3,(H,28,31)/t12-,18+/m0/s1. The Morgan fingerprint density at radius 1 is 1.35 bits per heavy atom. The molecule has 1 aliphatic heterocycles. The minimum absolute atomic E-state index is 0.0175. The third kappa shape index (κ3) is 4.51. The number of amides is 1. The lowest BCUT2D eigenvalue weighted by Gasteiger charge is -2.38. The number of aromatic nitrogens is 6. The van der Waals surface area contributed by atoms with Crippen molar-refractivity contribution >= 4 is 28.4 Å². The van der Waals surface area contributed by atoms with Crippen molar-refractivity contribution in [2.45, 2.75) is 44.9 Å². The third-order valence-electron chi connectivity index (χ3n) is 6.32. The van der Waals surface area contributed by atoms with Gasteiger partial charge in [0.15, 0.2) is 5.82 Å². The Labute approximate surface area is 208 Å². The number of ether oxygens (including phenoxy) is 1. The zero-order chi connectivity index (χ0) is 26.5. The van der Waals surface area contributed by atoms with Gasteiger partial charge in [0.25, 0.3) is 5.92 Å². The first kappa shape index (κ1) is 24.7. The van der Waals surface area contributed by atoms with Crippen molar-refractivity contribution in [3.8, 4) is 17.0 Å². The molecule has 0 radical (unpaired) electrons. The molecular formula is C23H24F4N8O2. The van der Waals surface area contributed by atoms with Gasteiger partial charge in [0, 0.05) is 13.5 Å². The largest absolute Gasteiger partial charge is 0.479 e. The number of fused-ring (bicyclic) bond motifs is 2. The van der Waals surface area contributed by atoms with Crippen LogP contribution < -0.4 is 10.1 Å². The SMILES string of the molecule is COc1nc(N[C@@H]2CCN(C(C)=O)CC2(F)F)nn2cc(F)c(-c3ccc4nnn(C[C@H](C)F)c4c3)c12. The molecule has 37 heavy (non-hydrogen) atoms. The molecule has 5 rings (SSSR count).